The zero-order chi connectivity index (χ0) is 17.7. The number of ether oxygens (including phenoxy) is 1. The average Bonchev–Trinajstić information content (AvgIpc) is 2.83. The van der Waals surface area contributed by atoms with Crippen LogP contribution in [-0.4, -0.2) is 49.1 Å². The van der Waals surface area contributed by atoms with E-state index in [1.807, 2.05) is 24.3 Å². The van der Waals surface area contributed by atoms with Gasteiger partial charge in [-0.15, -0.1) is 0 Å². The van der Waals surface area contributed by atoms with Gasteiger partial charge >= 0.3 is 6.18 Å². The van der Waals surface area contributed by atoms with Gasteiger partial charge < -0.3 is 15.0 Å². The van der Waals surface area contributed by atoms with Crippen LogP contribution in [-0.2, 0) is 16.0 Å². The second-order valence-corrected chi connectivity index (χ2v) is 5.70. The second-order valence-electron chi connectivity index (χ2n) is 5.70. The molecule has 5 nitrogen and oxygen atoms in total. The lowest BCUT2D eigenvalue weighted by Crippen LogP contribution is -2.39. The van der Waals surface area contributed by atoms with E-state index in [1.54, 1.807) is 12.0 Å². The first-order valence-electron chi connectivity index (χ1n) is 7.53. The molecule has 1 fully saturated rings. The van der Waals surface area contributed by atoms with Gasteiger partial charge in [-0.25, -0.2) is 0 Å². The van der Waals surface area contributed by atoms with Gasteiger partial charge in [-0.05, 0) is 24.1 Å². The molecule has 1 heterocycles. The number of methoxy groups -OCH3 is 1. The molecule has 1 aromatic rings. The van der Waals surface area contributed by atoms with Crippen molar-refractivity contribution in [3.63, 3.8) is 0 Å². The lowest BCUT2D eigenvalue weighted by Gasteiger charge is -2.17. The molecule has 24 heavy (non-hydrogen) atoms. The molecule has 132 valence electrons. The quantitative estimate of drug-likeness (QED) is 0.858. The third-order valence-corrected chi connectivity index (χ3v) is 3.77. The van der Waals surface area contributed by atoms with Crippen molar-refractivity contribution in [2.75, 3.05) is 20.2 Å². The van der Waals surface area contributed by atoms with E-state index >= 15 is 0 Å². The Morgan fingerprint density at radius 2 is 2.00 bits per heavy atom. The van der Waals surface area contributed by atoms with Crippen molar-refractivity contribution in [1.82, 2.24) is 10.2 Å². The van der Waals surface area contributed by atoms with E-state index in [9.17, 15) is 22.8 Å². The Hall–Kier alpha value is -2.25. The van der Waals surface area contributed by atoms with E-state index < -0.39 is 24.5 Å². The van der Waals surface area contributed by atoms with Crippen molar-refractivity contribution in [3.8, 4) is 5.75 Å². The van der Waals surface area contributed by atoms with E-state index in [1.165, 1.54) is 0 Å². The van der Waals surface area contributed by atoms with Crippen LogP contribution in [0.1, 0.15) is 18.4 Å². The van der Waals surface area contributed by atoms with Crippen molar-refractivity contribution in [1.29, 1.82) is 0 Å². The summed E-state index contributed by atoms with van der Waals surface area (Å²) in [4.78, 5) is 24.8. The normalized spacial score (nSPS) is 17.9. The predicted octanol–water partition coefficient (Wildman–Crippen LogP) is 1.91. The maximum absolute atomic E-state index is 12.1. The van der Waals surface area contributed by atoms with Crippen molar-refractivity contribution in [3.05, 3.63) is 29.8 Å². The first-order valence-corrected chi connectivity index (χ1v) is 7.53. The number of carbonyl (C=O) groups excluding carboxylic acids is 2. The molecule has 0 radical (unpaired) electrons. The highest BCUT2D eigenvalue weighted by Gasteiger charge is 2.35. The minimum atomic E-state index is -4.54. The molecule has 1 N–H and O–H groups in total. The van der Waals surface area contributed by atoms with Crippen LogP contribution in [0.5, 0.6) is 5.75 Å². The first kappa shape index (κ1) is 18.1. The Morgan fingerprint density at radius 1 is 1.33 bits per heavy atom. The average molecular weight is 344 g/mol. The Kier molecular flexibility index (Phi) is 5.69. The molecule has 0 unspecified atom stereocenters. The minimum absolute atomic E-state index is 0.0339. The monoisotopic (exact) mass is 344 g/mol. The number of benzene rings is 1. The smallest absolute Gasteiger partial charge is 0.397 e. The van der Waals surface area contributed by atoms with Crippen LogP contribution in [0, 0.1) is 0 Å². The van der Waals surface area contributed by atoms with Crippen LogP contribution in [0.15, 0.2) is 24.3 Å². The summed E-state index contributed by atoms with van der Waals surface area (Å²) in [5, 5.41) is 2.27. The van der Waals surface area contributed by atoms with Gasteiger partial charge in [0.1, 0.15) is 12.2 Å². The van der Waals surface area contributed by atoms with Gasteiger partial charge in [-0.1, -0.05) is 12.1 Å². The minimum Gasteiger partial charge on any atom is -0.497 e. The molecule has 8 heteroatoms. The summed E-state index contributed by atoms with van der Waals surface area (Å²) in [6.07, 6.45) is -5.41. The number of nitrogens with one attached hydrogen (secondary N) is 1. The summed E-state index contributed by atoms with van der Waals surface area (Å²) in [7, 11) is 1.57. The van der Waals surface area contributed by atoms with E-state index in [4.69, 9.17) is 4.74 Å². The van der Waals surface area contributed by atoms with Crippen molar-refractivity contribution < 1.29 is 27.5 Å². The van der Waals surface area contributed by atoms with Gasteiger partial charge in [0.15, 0.2) is 0 Å². The highest BCUT2D eigenvalue weighted by Crippen LogP contribution is 2.20. The zero-order valence-electron chi connectivity index (χ0n) is 13.2. The molecule has 0 bridgehead atoms. The van der Waals surface area contributed by atoms with Crippen molar-refractivity contribution >= 4 is 11.8 Å². The number of halogens is 3. The third-order valence-electron chi connectivity index (χ3n) is 3.77. The largest absolute Gasteiger partial charge is 0.497 e. The summed E-state index contributed by atoms with van der Waals surface area (Å²) in [6, 6.07) is 6.86. The highest BCUT2D eigenvalue weighted by atomic mass is 19.4. The van der Waals surface area contributed by atoms with Gasteiger partial charge in [0, 0.05) is 19.5 Å². The van der Waals surface area contributed by atoms with E-state index in [0.717, 1.165) is 11.3 Å². The fraction of sp³-hybridized carbons (Fsp3) is 0.500. The maximum atomic E-state index is 12.1. The number of hydrogen-bond donors (Lipinski definition) is 1. The third kappa shape index (κ3) is 5.43. The number of hydrogen-bond acceptors (Lipinski definition) is 3. The first-order chi connectivity index (χ1) is 11.3. The number of nitrogens with zero attached hydrogens (tertiary/aromatic N) is 1. The zero-order valence-corrected chi connectivity index (χ0v) is 13.2. The summed E-state index contributed by atoms with van der Waals surface area (Å²) in [6.45, 7) is 0.690. The predicted molar refractivity (Wildman–Crippen MR) is 80.5 cm³/mol. The lowest BCUT2D eigenvalue weighted by atomic mass is 10.1. The molecule has 1 aromatic carbocycles. The molecular weight excluding hydrogens is 325 g/mol. The van der Waals surface area contributed by atoms with E-state index in [2.05, 4.69) is 5.32 Å². The second kappa shape index (κ2) is 7.55. The fourth-order valence-corrected chi connectivity index (χ4v) is 2.60. The fourth-order valence-electron chi connectivity index (χ4n) is 2.60. The number of carbonyl (C=O) groups is 2. The van der Waals surface area contributed by atoms with E-state index in [-0.39, 0.29) is 18.9 Å². The molecule has 0 aromatic heterocycles. The molecule has 0 aliphatic carbocycles. The molecule has 1 aliphatic rings. The highest BCUT2D eigenvalue weighted by molar-refractivity contribution is 5.82. The molecule has 0 spiro atoms. The van der Waals surface area contributed by atoms with Crippen LogP contribution in [0.4, 0.5) is 13.2 Å². The van der Waals surface area contributed by atoms with Gasteiger partial charge in [0.2, 0.25) is 11.8 Å². The molecule has 2 rings (SSSR count). The Balaban J connectivity index is 1.80. The summed E-state index contributed by atoms with van der Waals surface area (Å²) in [5.74, 6) is -0.526. The standard InChI is InChI=1S/C16H19F3N2O3/c1-24-13-4-2-11(3-5-13)6-7-21-10-12(8-15(21)23)20-14(22)9-16(17,18)19/h2-5,12H,6-10H2,1H3,(H,20,22)/t12-/m1/s1. The van der Waals surface area contributed by atoms with Crippen LogP contribution >= 0.6 is 0 Å². The molecule has 2 amide bonds. The number of alkyl halides is 3. The summed E-state index contributed by atoms with van der Waals surface area (Å²) in [5.41, 5.74) is 1.02. The van der Waals surface area contributed by atoms with Gasteiger partial charge in [0.05, 0.1) is 13.2 Å². The van der Waals surface area contributed by atoms with Gasteiger partial charge in [-0.3, -0.25) is 9.59 Å². The molecule has 1 saturated heterocycles. The van der Waals surface area contributed by atoms with Crippen LogP contribution in [0.2, 0.25) is 0 Å². The molecule has 1 aliphatic heterocycles. The molecular formula is C16H19F3N2O3. The number of likely N-dealkylation sites (tertiary alicyclic amines) is 1. The van der Waals surface area contributed by atoms with E-state index in [0.29, 0.717) is 13.0 Å². The molecule has 1 atom stereocenters. The maximum Gasteiger partial charge on any atom is 0.397 e. The van der Waals surface area contributed by atoms with Gasteiger partial charge in [-0.2, -0.15) is 13.2 Å². The summed E-state index contributed by atoms with van der Waals surface area (Å²) >= 11 is 0. The number of amides is 2. The summed E-state index contributed by atoms with van der Waals surface area (Å²) < 4.78 is 41.5. The van der Waals surface area contributed by atoms with Gasteiger partial charge in [0.25, 0.3) is 0 Å². The van der Waals surface area contributed by atoms with Crippen molar-refractivity contribution in [2.45, 2.75) is 31.5 Å². The van der Waals surface area contributed by atoms with Crippen molar-refractivity contribution in [2.24, 2.45) is 0 Å². The van der Waals surface area contributed by atoms with Crippen LogP contribution < -0.4 is 10.1 Å². The van der Waals surface area contributed by atoms with Crippen LogP contribution in [0.25, 0.3) is 0 Å². The SMILES string of the molecule is COc1ccc(CCN2C[C@H](NC(=O)CC(F)(F)F)CC2=O)cc1. The Bertz CT molecular complexity index is 587. The molecule has 0 saturated carbocycles. The Labute approximate surface area is 137 Å². The number of rotatable bonds is 6. The Morgan fingerprint density at radius 3 is 2.58 bits per heavy atom. The van der Waals surface area contributed by atoms with Crippen LogP contribution in [0.3, 0.4) is 0 Å². The lowest BCUT2D eigenvalue weighted by molar-refractivity contribution is -0.154. The topological polar surface area (TPSA) is 58.6 Å².